The largest absolute Gasteiger partial charge is 0.316 e. The van der Waals surface area contributed by atoms with Crippen LogP contribution in [0.25, 0.3) is 0 Å². The van der Waals surface area contributed by atoms with Gasteiger partial charge in [0.15, 0.2) is 0 Å². The highest BCUT2D eigenvalue weighted by atomic mass is 35.5. The maximum atomic E-state index is 11.9. The third kappa shape index (κ3) is 4.94. The molecule has 1 rings (SSSR count). The van der Waals surface area contributed by atoms with E-state index in [2.05, 4.69) is 10.0 Å². The van der Waals surface area contributed by atoms with Crippen molar-refractivity contribution in [3.8, 4) is 0 Å². The maximum Gasteiger partial charge on any atom is 0.215 e. The Labute approximate surface area is 114 Å². The van der Waals surface area contributed by atoms with E-state index >= 15 is 0 Å². The van der Waals surface area contributed by atoms with Gasteiger partial charge >= 0.3 is 0 Å². The number of halogens is 1. The van der Waals surface area contributed by atoms with Crippen LogP contribution in [-0.2, 0) is 16.6 Å². The molecular weight excluding hydrogens is 272 g/mol. The molecule has 0 amide bonds. The van der Waals surface area contributed by atoms with E-state index in [1.165, 1.54) is 0 Å². The van der Waals surface area contributed by atoms with Crippen LogP contribution in [0.3, 0.4) is 0 Å². The van der Waals surface area contributed by atoms with E-state index in [9.17, 15) is 8.42 Å². The van der Waals surface area contributed by atoms with Crippen LogP contribution in [0.1, 0.15) is 19.4 Å². The SMILES string of the molecule is CCNCC(C)S(=O)(=O)NCc1ccc(Cl)cc1. The molecule has 18 heavy (non-hydrogen) atoms. The molecule has 0 fully saturated rings. The Morgan fingerprint density at radius 3 is 2.44 bits per heavy atom. The fourth-order valence-corrected chi connectivity index (χ4v) is 2.50. The van der Waals surface area contributed by atoms with Crippen molar-refractivity contribution >= 4 is 21.6 Å². The van der Waals surface area contributed by atoms with Gasteiger partial charge in [0.25, 0.3) is 0 Å². The van der Waals surface area contributed by atoms with Crippen molar-refractivity contribution in [3.05, 3.63) is 34.9 Å². The molecule has 102 valence electrons. The molecular formula is C12H19ClN2O2S. The standard InChI is InChI=1S/C12H19ClN2O2S/c1-3-14-8-10(2)18(16,17)15-9-11-4-6-12(13)7-5-11/h4-7,10,14-15H,3,8-9H2,1-2H3. The van der Waals surface area contributed by atoms with Gasteiger partial charge in [0.2, 0.25) is 10.0 Å². The summed E-state index contributed by atoms with van der Waals surface area (Å²) in [7, 11) is -3.29. The first kappa shape index (κ1) is 15.4. The number of rotatable bonds is 7. The molecule has 0 aliphatic carbocycles. The zero-order valence-corrected chi connectivity index (χ0v) is 12.2. The van der Waals surface area contributed by atoms with Gasteiger partial charge in [0.05, 0.1) is 5.25 Å². The minimum atomic E-state index is -3.29. The Morgan fingerprint density at radius 1 is 1.28 bits per heavy atom. The molecule has 0 bridgehead atoms. The van der Waals surface area contributed by atoms with Crippen LogP contribution < -0.4 is 10.0 Å². The van der Waals surface area contributed by atoms with Gasteiger partial charge in [-0.15, -0.1) is 0 Å². The topological polar surface area (TPSA) is 58.2 Å². The molecule has 1 unspecified atom stereocenters. The van der Waals surface area contributed by atoms with E-state index in [0.29, 0.717) is 11.6 Å². The smallest absolute Gasteiger partial charge is 0.215 e. The van der Waals surface area contributed by atoms with Crippen LogP contribution in [0.5, 0.6) is 0 Å². The Bertz CT molecular complexity index is 459. The van der Waals surface area contributed by atoms with Gasteiger partial charge in [-0.3, -0.25) is 0 Å². The lowest BCUT2D eigenvalue weighted by Gasteiger charge is -2.14. The highest BCUT2D eigenvalue weighted by molar-refractivity contribution is 7.90. The van der Waals surface area contributed by atoms with Crippen molar-refractivity contribution in [1.29, 1.82) is 0 Å². The van der Waals surface area contributed by atoms with Gasteiger partial charge in [-0.1, -0.05) is 30.7 Å². The second-order valence-corrected chi connectivity index (χ2v) is 6.73. The van der Waals surface area contributed by atoms with E-state index < -0.39 is 15.3 Å². The summed E-state index contributed by atoms with van der Waals surface area (Å²) in [6.45, 7) is 5.13. The third-order valence-corrected chi connectivity index (χ3v) is 4.63. The molecule has 0 aromatic heterocycles. The van der Waals surface area contributed by atoms with E-state index in [1.807, 2.05) is 6.92 Å². The predicted molar refractivity (Wildman–Crippen MR) is 75.2 cm³/mol. The highest BCUT2D eigenvalue weighted by Gasteiger charge is 2.19. The van der Waals surface area contributed by atoms with E-state index in [1.54, 1.807) is 31.2 Å². The van der Waals surface area contributed by atoms with Crippen LogP contribution in [-0.4, -0.2) is 26.8 Å². The Morgan fingerprint density at radius 2 is 1.89 bits per heavy atom. The lowest BCUT2D eigenvalue weighted by atomic mass is 10.2. The minimum absolute atomic E-state index is 0.288. The van der Waals surface area contributed by atoms with Gasteiger partial charge < -0.3 is 5.32 Å². The summed E-state index contributed by atoms with van der Waals surface area (Å²) in [5.74, 6) is 0. The summed E-state index contributed by atoms with van der Waals surface area (Å²) >= 11 is 5.76. The Kier molecular flexibility index (Phi) is 6.08. The molecule has 0 radical (unpaired) electrons. The number of nitrogens with one attached hydrogen (secondary N) is 2. The monoisotopic (exact) mass is 290 g/mol. The first-order valence-corrected chi connectivity index (χ1v) is 7.81. The van der Waals surface area contributed by atoms with Gasteiger partial charge in [0, 0.05) is 18.1 Å². The normalized spacial score (nSPS) is 13.5. The van der Waals surface area contributed by atoms with Crippen molar-refractivity contribution in [2.24, 2.45) is 0 Å². The molecule has 1 aromatic rings. The average Bonchev–Trinajstić information content (AvgIpc) is 2.35. The molecule has 0 aliphatic rings. The number of sulfonamides is 1. The first-order chi connectivity index (χ1) is 8.45. The second kappa shape index (κ2) is 7.09. The van der Waals surface area contributed by atoms with Gasteiger partial charge in [-0.25, -0.2) is 13.1 Å². The molecule has 6 heteroatoms. The summed E-state index contributed by atoms with van der Waals surface area (Å²) in [6, 6.07) is 7.10. The van der Waals surface area contributed by atoms with Crippen molar-refractivity contribution in [1.82, 2.24) is 10.0 Å². The second-order valence-electron chi connectivity index (χ2n) is 4.11. The molecule has 0 saturated heterocycles. The lowest BCUT2D eigenvalue weighted by molar-refractivity contribution is 0.560. The van der Waals surface area contributed by atoms with Crippen LogP contribution in [0, 0.1) is 0 Å². The third-order valence-electron chi connectivity index (χ3n) is 2.60. The van der Waals surface area contributed by atoms with Crippen molar-refractivity contribution in [3.63, 3.8) is 0 Å². The molecule has 0 spiro atoms. The summed E-state index contributed by atoms with van der Waals surface area (Å²) in [5.41, 5.74) is 0.888. The Balaban J connectivity index is 2.53. The fourth-order valence-electron chi connectivity index (χ4n) is 1.39. The summed E-state index contributed by atoms with van der Waals surface area (Å²) in [5, 5.41) is 3.21. The minimum Gasteiger partial charge on any atom is -0.316 e. The maximum absolute atomic E-state index is 11.9. The number of hydrogen-bond acceptors (Lipinski definition) is 3. The molecule has 2 N–H and O–H groups in total. The van der Waals surface area contributed by atoms with E-state index in [-0.39, 0.29) is 6.54 Å². The summed E-state index contributed by atoms with van der Waals surface area (Å²) in [4.78, 5) is 0. The Hall–Kier alpha value is -0.620. The quantitative estimate of drug-likeness (QED) is 0.804. The van der Waals surface area contributed by atoms with E-state index in [4.69, 9.17) is 11.6 Å². The zero-order valence-electron chi connectivity index (χ0n) is 10.6. The molecule has 1 atom stereocenters. The molecule has 0 aliphatic heterocycles. The molecule has 0 saturated carbocycles. The fraction of sp³-hybridized carbons (Fsp3) is 0.500. The van der Waals surface area contributed by atoms with Crippen molar-refractivity contribution < 1.29 is 8.42 Å². The van der Waals surface area contributed by atoms with Crippen LogP contribution in [0.15, 0.2) is 24.3 Å². The van der Waals surface area contributed by atoms with Crippen LogP contribution in [0.4, 0.5) is 0 Å². The van der Waals surface area contributed by atoms with Gasteiger partial charge in [0.1, 0.15) is 0 Å². The zero-order chi connectivity index (χ0) is 13.6. The van der Waals surface area contributed by atoms with Crippen molar-refractivity contribution in [2.45, 2.75) is 25.6 Å². The van der Waals surface area contributed by atoms with Crippen LogP contribution in [0.2, 0.25) is 5.02 Å². The molecule has 0 heterocycles. The van der Waals surface area contributed by atoms with Gasteiger partial charge in [-0.2, -0.15) is 0 Å². The molecule has 1 aromatic carbocycles. The van der Waals surface area contributed by atoms with E-state index in [0.717, 1.165) is 12.1 Å². The summed E-state index contributed by atoms with van der Waals surface area (Å²) < 4.78 is 26.4. The summed E-state index contributed by atoms with van der Waals surface area (Å²) in [6.07, 6.45) is 0. The first-order valence-electron chi connectivity index (χ1n) is 5.89. The number of hydrogen-bond donors (Lipinski definition) is 2. The average molecular weight is 291 g/mol. The van der Waals surface area contributed by atoms with Crippen molar-refractivity contribution in [2.75, 3.05) is 13.1 Å². The number of benzene rings is 1. The van der Waals surface area contributed by atoms with Gasteiger partial charge in [-0.05, 0) is 31.2 Å². The highest BCUT2D eigenvalue weighted by Crippen LogP contribution is 2.09. The predicted octanol–water partition coefficient (Wildman–Crippen LogP) is 1.76. The molecule has 4 nitrogen and oxygen atoms in total. The lowest BCUT2D eigenvalue weighted by Crippen LogP contribution is -2.38. The van der Waals surface area contributed by atoms with Crippen LogP contribution >= 0.6 is 11.6 Å².